The van der Waals surface area contributed by atoms with Gasteiger partial charge in [-0.15, -0.1) is 0 Å². The SMILES string of the molecule is Cc1cc(=O)[nH]c(Sc2ncnc(Cl)c2C=O)n1. The zero-order chi connectivity index (χ0) is 13.1. The van der Waals surface area contributed by atoms with Gasteiger partial charge in [0.25, 0.3) is 5.56 Å². The number of aldehydes is 1. The predicted octanol–water partition coefficient (Wildman–Crippen LogP) is 1.49. The normalized spacial score (nSPS) is 10.3. The van der Waals surface area contributed by atoms with E-state index in [1.165, 1.54) is 12.4 Å². The van der Waals surface area contributed by atoms with Gasteiger partial charge in [0.15, 0.2) is 11.4 Å². The first-order valence-corrected chi connectivity index (χ1v) is 6.01. The molecule has 2 rings (SSSR count). The fraction of sp³-hybridized carbons (Fsp3) is 0.100. The van der Waals surface area contributed by atoms with Crippen LogP contribution in [0, 0.1) is 6.92 Å². The number of hydrogen-bond donors (Lipinski definition) is 1. The molecule has 2 aromatic rings. The third kappa shape index (κ3) is 2.74. The van der Waals surface area contributed by atoms with E-state index in [1.807, 2.05) is 0 Å². The molecule has 0 aliphatic heterocycles. The van der Waals surface area contributed by atoms with Gasteiger partial charge < -0.3 is 4.98 Å². The Bertz CT molecular complexity index is 659. The number of aromatic amines is 1. The molecule has 18 heavy (non-hydrogen) atoms. The number of carbonyl (C=O) groups excluding carboxylic acids is 1. The van der Waals surface area contributed by atoms with Crippen molar-refractivity contribution in [3.05, 3.63) is 39.2 Å². The van der Waals surface area contributed by atoms with Crippen molar-refractivity contribution in [2.24, 2.45) is 0 Å². The summed E-state index contributed by atoms with van der Waals surface area (Å²) in [6, 6.07) is 1.37. The summed E-state index contributed by atoms with van der Waals surface area (Å²) in [5.41, 5.74) is 0.486. The molecule has 0 aliphatic carbocycles. The van der Waals surface area contributed by atoms with Gasteiger partial charge in [-0.25, -0.2) is 15.0 Å². The molecule has 92 valence electrons. The molecule has 0 spiro atoms. The molecule has 0 saturated carbocycles. The molecule has 0 atom stereocenters. The van der Waals surface area contributed by atoms with Crippen LogP contribution in [0.5, 0.6) is 0 Å². The summed E-state index contributed by atoms with van der Waals surface area (Å²) < 4.78 is 0. The molecule has 0 unspecified atom stereocenters. The zero-order valence-electron chi connectivity index (χ0n) is 9.18. The van der Waals surface area contributed by atoms with E-state index in [-0.39, 0.29) is 16.3 Å². The van der Waals surface area contributed by atoms with Gasteiger partial charge in [0.05, 0.1) is 5.56 Å². The molecular formula is C10H7ClN4O2S. The van der Waals surface area contributed by atoms with Crippen LogP contribution < -0.4 is 5.56 Å². The second-order valence-electron chi connectivity index (χ2n) is 3.30. The number of aromatic nitrogens is 4. The van der Waals surface area contributed by atoms with Crippen LogP contribution >= 0.6 is 23.4 Å². The summed E-state index contributed by atoms with van der Waals surface area (Å²) in [4.78, 5) is 36.5. The van der Waals surface area contributed by atoms with Crippen molar-refractivity contribution in [1.29, 1.82) is 0 Å². The van der Waals surface area contributed by atoms with Crippen molar-refractivity contribution in [3.8, 4) is 0 Å². The van der Waals surface area contributed by atoms with Gasteiger partial charge in [-0.2, -0.15) is 0 Å². The van der Waals surface area contributed by atoms with Crippen LogP contribution in [0.3, 0.4) is 0 Å². The molecule has 0 amide bonds. The molecule has 0 bridgehead atoms. The summed E-state index contributed by atoms with van der Waals surface area (Å²) in [5, 5.41) is 0.758. The fourth-order valence-electron chi connectivity index (χ4n) is 1.23. The lowest BCUT2D eigenvalue weighted by molar-refractivity contribution is 0.112. The molecule has 2 heterocycles. The Morgan fingerprint density at radius 3 is 2.89 bits per heavy atom. The van der Waals surface area contributed by atoms with E-state index >= 15 is 0 Å². The minimum atomic E-state index is -0.266. The second-order valence-corrected chi connectivity index (χ2v) is 4.63. The van der Waals surface area contributed by atoms with E-state index < -0.39 is 0 Å². The van der Waals surface area contributed by atoms with Crippen molar-refractivity contribution in [2.45, 2.75) is 17.1 Å². The lowest BCUT2D eigenvalue weighted by Crippen LogP contribution is -2.08. The molecule has 8 heteroatoms. The maximum absolute atomic E-state index is 11.3. The highest BCUT2D eigenvalue weighted by atomic mass is 35.5. The summed E-state index contributed by atoms with van der Waals surface area (Å²) >= 11 is 6.82. The Hall–Kier alpha value is -1.73. The van der Waals surface area contributed by atoms with Crippen molar-refractivity contribution >= 4 is 29.6 Å². The minimum absolute atomic E-state index is 0.0671. The Kier molecular flexibility index (Phi) is 3.73. The first-order chi connectivity index (χ1) is 8.60. The van der Waals surface area contributed by atoms with Crippen molar-refractivity contribution in [3.63, 3.8) is 0 Å². The summed E-state index contributed by atoms with van der Waals surface area (Å²) in [6.45, 7) is 1.70. The Morgan fingerprint density at radius 2 is 2.22 bits per heavy atom. The third-order valence-corrected chi connectivity index (χ3v) is 3.16. The monoisotopic (exact) mass is 282 g/mol. The number of halogens is 1. The van der Waals surface area contributed by atoms with Crippen molar-refractivity contribution in [2.75, 3.05) is 0 Å². The molecule has 0 aromatic carbocycles. The molecule has 0 saturated heterocycles. The van der Waals surface area contributed by atoms with Gasteiger partial charge in [0, 0.05) is 11.8 Å². The van der Waals surface area contributed by atoms with Gasteiger partial charge in [-0.3, -0.25) is 9.59 Å². The number of aryl methyl sites for hydroxylation is 1. The smallest absolute Gasteiger partial charge is 0.251 e. The average Bonchev–Trinajstić information content (AvgIpc) is 2.27. The summed E-state index contributed by atoms with van der Waals surface area (Å²) in [7, 11) is 0. The highest BCUT2D eigenvalue weighted by Crippen LogP contribution is 2.27. The predicted molar refractivity (Wildman–Crippen MR) is 66.1 cm³/mol. The van der Waals surface area contributed by atoms with Crippen molar-refractivity contribution < 1.29 is 4.79 Å². The maximum Gasteiger partial charge on any atom is 0.251 e. The lowest BCUT2D eigenvalue weighted by atomic mass is 10.4. The Morgan fingerprint density at radius 1 is 1.44 bits per heavy atom. The van der Waals surface area contributed by atoms with Gasteiger partial charge >= 0.3 is 0 Å². The minimum Gasteiger partial charge on any atom is -0.301 e. The summed E-state index contributed by atoms with van der Waals surface area (Å²) in [6.07, 6.45) is 1.81. The lowest BCUT2D eigenvalue weighted by Gasteiger charge is -2.03. The highest BCUT2D eigenvalue weighted by Gasteiger charge is 2.12. The van der Waals surface area contributed by atoms with E-state index in [0.29, 0.717) is 22.2 Å². The van der Waals surface area contributed by atoms with Gasteiger partial charge in [-0.1, -0.05) is 11.6 Å². The van der Waals surface area contributed by atoms with E-state index in [1.54, 1.807) is 6.92 Å². The number of H-pyrrole nitrogens is 1. The summed E-state index contributed by atoms with van der Waals surface area (Å²) in [5.74, 6) is 0. The Balaban J connectivity index is 2.42. The van der Waals surface area contributed by atoms with Crippen LogP contribution in [-0.4, -0.2) is 26.2 Å². The maximum atomic E-state index is 11.3. The number of carbonyl (C=O) groups is 1. The first kappa shape index (κ1) is 12.7. The fourth-order valence-corrected chi connectivity index (χ4v) is 2.34. The van der Waals surface area contributed by atoms with E-state index in [2.05, 4.69) is 19.9 Å². The zero-order valence-corrected chi connectivity index (χ0v) is 10.7. The standard InChI is InChI=1S/C10H7ClN4O2S/c1-5-2-7(17)15-10(14-5)18-9-6(3-16)8(11)12-4-13-9/h2-4H,1H3,(H,14,15,17). The van der Waals surface area contributed by atoms with Crippen LogP contribution in [0.2, 0.25) is 5.15 Å². The van der Waals surface area contributed by atoms with Crippen molar-refractivity contribution in [1.82, 2.24) is 19.9 Å². The molecule has 0 aliphatic rings. The van der Waals surface area contributed by atoms with Gasteiger partial charge in [0.2, 0.25) is 0 Å². The largest absolute Gasteiger partial charge is 0.301 e. The number of hydrogen-bond acceptors (Lipinski definition) is 6. The molecule has 1 N–H and O–H groups in total. The number of nitrogens with zero attached hydrogens (tertiary/aromatic N) is 3. The van der Waals surface area contributed by atoms with Crippen LogP contribution in [-0.2, 0) is 0 Å². The quantitative estimate of drug-likeness (QED) is 0.521. The topological polar surface area (TPSA) is 88.6 Å². The molecule has 2 aromatic heterocycles. The Labute approximate surface area is 111 Å². The number of rotatable bonds is 3. The molecule has 0 fully saturated rings. The average molecular weight is 283 g/mol. The van der Waals surface area contributed by atoms with Gasteiger partial charge in [0.1, 0.15) is 16.5 Å². The van der Waals surface area contributed by atoms with E-state index in [9.17, 15) is 9.59 Å². The van der Waals surface area contributed by atoms with Crippen LogP contribution in [0.25, 0.3) is 0 Å². The van der Waals surface area contributed by atoms with Crippen LogP contribution in [0.1, 0.15) is 16.1 Å². The van der Waals surface area contributed by atoms with E-state index in [4.69, 9.17) is 11.6 Å². The molecular weight excluding hydrogens is 276 g/mol. The van der Waals surface area contributed by atoms with Crippen LogP contribution in [0.15, 0.2) is 27.4 Å². The molecule has 0 radical (unpaired) electrons. The third-order valence-electron chi connectivity index (χ3n) is 1.96. The van der Waals surface area contributed by atoms with Gasteiger partial charge in [-0.05, 0) is 18.7 Å². The number of nitrogens with one attached hydrogen (secondary N) is 1. The van der Waals surface area contributed by atoms with Crippen LogP contribution in [0.4, 0.5) is 0 Å². The second kappa shape index (κ2) is 5.28. The highest BCUT2D eigenvalue weighted by molar-refractivity contribution is 7.99. The first-order valence-electron chi connectivity index (χ1n) is 4.81. The van der Waals surface area contributed by atoms with E-state index in [0.717, 1.165) is 11.8 Å². The molecule has 6 nitrogen and oxygen atoms in total.